The molecule has 3 heterocycles. The number of nitrogens with zero attached hydrogens (tertiary/aromatic N) is 3. The minimum absolute atomic E-state index is 0.0675. The topological polar surface area (TPSA) is 55.9 Å². The molecule has 2 saturated heterocycles. The Bertz CT molecular complexity index is 678. The van der Waals surface area contributed by atoms with E-state index in [4.69, 9.17) is 0 Å². The van der Waals surface area contributed by atoms with Crippen molar-refractivity contribution in [1.82, 2.24) is 15.1 Å². The van der Waals surface area contributed by atoms with E-state index in [1.165, 1.54) is 5.56 Å². The van der Waals surface area contributed by atoms with Crippen LogP contribution in [0.25, 0.3) is 0 Å². The third kappa shape index (κ3) is 3.56. The van der Waals surface area contributed by atoms with Gasteiger partial charge in [0.05, 0.1) is 0 Å². The first kappa shape index (κ1) is 17.3. The molecule has 0 radical (unpaired) electrons. The molecule has 140 valence electrons. The van der Waals surface area contributed by atoms with Crippen LogP contribution in [0, 0.1) is 0 Å². The number of para-hydroxylation sites is 1. The SMILES string of the molecule is O=C(CCN1CCCC(N2CCNC2=O)C1)N1CCCc2ccccc21. The predicted octanol–water partition coefficient (Wildman–Crippen LogP) is 1.85. The van der Waals surface area contributed by atoms with E-state index in [1.54, 1.807) is 0 Å². The number of fused-ring (bicyclic) bond motifs is 1. The summed E-state index contributed by atoms with van der Waals surface area (Å²) in [6.07, 6.45) is 4.81. The van der Waals surface area contributed by atoms with Gasteiger partial charge in [0.25, 0.3) is 0 Å². The van der Waals surface area contributed by atoms with Crippen LogP contribution in [0.1, 0.15) is 31.2 Å². The van der Waals surface area contributed by atoms with Gasteiger partial charge in [-0.2, -0.15) is 0 Å². The zero-order chi connectivity index (χ0) is 17.9. The number of hydrogen-bond acceptors (Lipinski definition) is 3. The number of amides is 3. The smallest absolute Gasteiger partial charge is 0.317 e. The molecule has 2 fully saturated rings. The van der Waals surface area contributed by atoms with Crippen molar-refractivity contribution >= 4 is 17.6 Å². The molecule has 0 bridgehead atoms. The van der Waals surface area contributed by atoms with Gasteiger partial charge in [-0.1, -0.05) is 18.2 Å². The zero-order valence-electron chi connectivity index (χ0n) is 15.3. The second-order valence-electron chi connectivity index (χ2n) is 7.55. The molecule has 0 aromatic heterocycles. The lowest BCUT2D eigenvalue weighted by molar-refractivity contribution is -0.119. The Morgan fingerprint density at radius 1 is 1.15 bits per heavy atom. The van der Waals surface area contributed by atoms with Crippen molar-refractivity contribution < 1.29 is 9.59 Å². The number of anilines is 1. The Balaban J connectivity index is 1.33. The molecule has 26 heavy (non-hydrogen) atoms. The average Bonchev–Trinajstić information content (AvgIpc) is 3.12. The quantitative estimate of drug-likeness (QED) is 0.896. The molecule has 4 rings (SSSR count). The number of hydrogen-bond donors (Lipinski definition) is 1. The van der Waals surface area contributed by atoms with E-state index in [9.17, 15) is 9.59 Å². The van der Waals surface area contributed by atoms with Gasteiger partial charge in [0.1, 0.15) is 0 Å². The molecular weight excluding hydrogens is 328 g/mol. The molecular formula is C20H28N4O2. The Morgan fingerprint density at radius 2 is 2.04 bits per heavy atom. The maximum absolute atomic E-state index is 12.8. The monoisotopic (exact) mass is 356 g/mol. The molecule has 6 nitrogen and oxygen atoms in total. The first-order chi connectivity index (χ1) is 12.7. The van der Waals surface area contributed by atoms with Gasteiger partial charge in [-0.3, -0.25) is 4.79 Å². The fourth-order valence-corrected chi connectivity index (χ4v) is 4.50. The van der Waals surface area contributed by atoms with Gasteiger partial charge < -0.3 is 20.0 Å². The molecule has 1 aromatic rings. The Labute approximate surface area is 155 Å². The minimum Gasteiger partial charge on any atom is -0.336 e. The van der Waals surface area contributed by atoms with Crippen LogP contribution in [0.5, 0.6) is 0 Å². The van der Waals surface area contributed by atoms with Crippen LogP contribution in [0.4, 0.5) is 10.5 Å². The molecule has 3 aliphatic rings. The minimum atomic E-state index is 0.0675. The first-order valence-corrected chi connectivity index (χ1v) is 9.87. The molecule has 0 aliphatic carbocycles. The van der Waals surface area contributed by atoms with Crippen LogP contribution < -0.4 is 10.2 Å². The highest BCUT2D eigenvalue weighted by Crippen LogP contribution is 2.27. The van der Waals surface area contributed by atoms with Crippen LogP contribution >= 0.6 is 0 Å². The molecule has 1 unspecified atom stereocenters. The van der Waals surface area contributed by atoms with Gasteiger partial charge in [-0.25, -0.2) is 4.79 Å². The number of nitrogens with one attached hydrogen (secondary N) is 1. The lowest BCUT2D eigenvalue weighted by Crippen LogP contribution is -2.49. The number of aryl methyl sites for hydroxylation is 1. The third-order valence-corrected chi connectivity index (χ3v) is 5.86. The highest BCUT2D eigenvalue weighted by Gasteiger charge is 2.31. The van der Waals surface area contributed by atoms with Crippen molar-refractivity contribution in [2.24, 2.45) is 0 Å². The van der Waals surface area contributed by atoms with Crippen molar-refractivity contribution in [3.05, 3.63) is 29.8 Å². The highest BCUT2D eigenvalue weighted by molar-refractivity contribution is 5.94. The summed E-state index contributed by atoms with van der Waals surface area (Å²) in [5.74, 6) is 0.221. The van der Waals surface area contributed by atoms with E-state index < -0.39 is 0 Å². The summed E-state index contributed by atoms with van der Waals surface area (Å²) >= 11 is 0. The number of benzene rings is 1. The Morgan fingerprint density at radius 3 is 2.88 bits per heavy atom. The maximum atomic E-state index is 12.8. The standard InChI is InChI=1S/C20H28N4O2/c25-19(24-12-3-6-16-5-1-2-8-18(16)24)9-13-22-11-4-7-17(15-22)23-14-10-21-20(23)26/h1-2,5,8,17H,3-4,6-7,9-15H2,(H,21,26). The van der Waals surface area contributed by atoms with Gasteiger partial charge in [-0.15, -0.1) is 0 Å². The van der Waals surface area contributed by atoms with Crippen molar-refractivity contribution in [3.8, 4) is 0 Å². The second-order valence-corrected chi connectivity index (χ2v) is 7.55. The van der Waals surface area contributed by atoms with E-state index >= 15 is 0 Å². The lowest BCUT2D eigenvalue weighted by Gasteiger charge is -2.37. The van der Waals surface area contributed by atoms with E-state index in [2.05, 4.69) is 28.4 Å². The summed E-state index contributed by atoms with van der Waals surface area (Å²) in [5.41, 5.74) is 2.37. The van der Waals surface area contributed by atoms with Gasteiger partial charge in [0.15, 0.2) is 0 Å². The molecule has 3 aliphatic heterocycles. The highest BCUT2D eigenvalue weighted by atomic mass is 16.2. The molecule has 6 heteroatoms. The number of likely N-dealkylation sites (tertiary alicyclic amines) is 1. The summed E-state index contributed by atoms with van der Waals surface area (Å²) in [6.45, 7) is 5.08. The van der Waals surface area contributed by atoms with Crippen LogP contribution in [-0.2, 0) is 11.2 Å². The normalized spacial score (nSPS) is 23.7. The number of carbonyl (C=O) groups excluding carboxylic acids is 2. The first-order valence-electron chi connectivity index (χ1n) is 9.87. The fourth-order valence-electron chi connectivity index (χ4n) is 4.50. The van der Waals surface area contributed by atoms with Crippen LogP contribution in [0.2, 0.25) is 0 Å². The Hall–Kier alpha value is -2.08. The van der Waals surface area contributed by atoms with Gasteiger partial charge >= 0.3 is 6.03 Å². The maximum Gasteiger partial charge on any atom is 0.317 e. The number of piperidine rings is 1. The molecule has 3 amide bonds. The summed E-state index contributed by atoms with van der Waals surface area (Å²) in [6, 6.07) is 8.62. The van der Waals surface area contributed by atoms with Gasteiger partial charge in [0.2, 0.25) is 5.91 Å². The number of rotatable bonds is 4. The largest absolute Gasteiger partial charge is 0.336 e. The summed E-state index contributed by atoms with van der Waals surface area (Å²) < 4.78 is 0. The fraction of sp³-hybridized carbons (Fsp3) is 0.600. The average molecular weight is 356 g/mol. The van der Waals surface area contributed by atoms with Crippen molar-refractivity contribution in [1.29, 1.82) is 0 Å². The van der Waals surface area contributed by atoms with E-state index in [0.29, 0.717) is 6.42 Å². The second kappa shape index (κ2) is 7.66. The van der Waals surface area contributed by atoms with E-state index in [-0.39, 0.29) is 18.0 Å². The predicted molar refractivity (Wildman–Crippen MR) is 101 cm³/mol. The van der Waals surface area contributed by atoms with Crippen LogP contribution in [0.3, 0.4) is 0 Å². The van der Waals surface area contributed by atoms with Gasteiger partial charge in [0, 0.05) is 50.9 Å². The summed E-state index contributed by atoms with van der Waals surface area (Å²) in [4.78, 5) is 31.0. The lowest BCUT2D eigenvalue weighted by atomic mass is 10.0. The zero-order valence-corrected chi connectivity index (χ0v) is 15.3. The van der Waals surface area contributed by atoms with E-state index in [0.717, 1.165) is 70.6 Å². The number of urea groups is 1. The van der Waals surface area contributed by atoms with Crippen molar-refractivity contribution in [2.75, 3.05) is 44.2 Å². The number of carbonyl (C=O) groups is 2. The molecule has 1 aromatic carbocycles. The molecule has 1 atom stereocenters. The van der Waals surface area contributed by atoms with Crippen LogP contribution in [-0.4, -0.2) is 67.0 Å². The summed E-state index contributed by atoms with van der Waals surface area (Å²) in [7, 11) is 0. The van der Waals surface area contributed by atoms with Crippen molar-refractivity contribution in [2.45, 2.75) is 38.1 Å². The van der Waals surface area contributed by atoms with Gasteiger partial charge in [-0.05, 0) is 43.9 Å². The van der Waals surface area contributed by atoms with E-state index in [1.807, 2.05) is 15.9 Å². The summed E-state index contributed by atoms with van der Waals surface area (Å²) in [5, 5.41) is 2.89. The van der Waals surface area contributed by atoms with Crippen molar-refractivity contribution in [3.63, 3.8) is 0 Å². The molecule has 0 saturated carbocycles. The molecule has 0 spiro atoms. The Kier molecular flexibility index (Phi) is 5.11. The third-order valence-electron chi connectivity index (χ3n) is 5.86. The molecule has 1 N–H and O–H groups in total. The van der Waals surface area contributed by atoms with Crippen LogP contribution in [0.15, 0.2) is 24.3 Å².